The van der Waals surface area contributed by atoms with Crippen LogP contribution in [0.3, 0.4) is 0 Å². The van der Waals surface area contributed by atoms with Crippen LogP contribution >= 0.6 is 0 Å². The third kappa shape index (κ3) is 4.59. The number of hydrogen-bond acceptors (Lipinski definition) is 4. The number of hydrogen-bond donors (Lipinski definition) is 2. The largest absolute Gasteiger partial charge is 0.465 e. The molecule has 1 fully saturated rings. The van der Waals surface area contributed by atoms with Gasteiger partial charge in [-0.15, -0.1) is 0 Å². The van der Waals surface area contributed by atoms with Gasteiger partial charge < -0.3 is 15.3 Å². The summed E-state index contributed by atoms with van der Waals surface area (Å²) in [7, 11) is -3.27. The van der Waals surface area contributed by atoms with Crippen molar-refractivity contribution < 1.29 is 23.1 Å². The Bertz CT molecular complexity index is 979. The van der Waals surface area contributed by atoms with Gasteiger partial charge in [-0.3, -0.25) is 4.79 Å². The average molecular weight is 416 g/mol. The van der Waals surface area contributed by atoms with Crippen LogP contribution in [-0.2, 0) is 26.6 Å². The van der Waals surface area contributed by atoms with Gasteiger partial charge in [0, 0.05) is 25.9 Å². The van der Waals surface area contributed by atoms with Gasteiger partial charge in [-0.1, -0.05) is 42.5 Å². The van der Waals surface area contributed by atoms with E-state index in [9.17, 15) is 23.1 Å². The summed E-state index contributed by atoms with van der Waals surface area (Å²) >= 11 is 0. The minimum absolute atomic E-state index is 0.152. The molecule has 29 heavy (non-hydrogen) atoms. The van der Waals surface area contributed by atoms with Gasteiger partial charge in [-0.05, 0) is 36.1 Å². The summed E-state index contributed by atoms with van der Waals surface area (Å²) in [5.41, 5.74) is 0.867. The lowest BCUT2D eigenvalue weighted by Crippen LogP contribution is -2.52. The van der Waals surface area contributed by atoms with E-state index in [1.807, 2.05) is 30.3 Å². The number of benzene rings is 2. The molecule has 1 aliphatic heterocycles. The summed E-state index contributed by atoms with van der Waals surface area (Å²) in [5, 5.41) is 12.2. The van der Waals surface area contributed by atoms with Crippen molar-refractivity contribution in [2.24, 2.45) is 0 Å². The molecule has 0 spiro atoms. The van der Waals surface area contributed by atoms with Crippen molar-refractivity contribution >= 4 is 21.8 Å². The second kappa shape index (κ2) is 8.24. The van der Waals surface area contributed by atoms with E-state index >= 15 is 0 Å². The van der Waals surface area contributed by atoms with Crippen LogP contribution in [0.25, 0.3) is 0 Å². The molecule has 0 aliphatic carbocycles. The topological polar surface area (TPSA) is 104 Å². The molecule has 0 radical (unpaired) electrons. The van der Waals surface area contributed by atoms with Crippen LogP contribution in [-0.4, -0.2) is 49.8 Å². The summed E-state index contributed by atoms with van der Waals surface area (Å²) in [4.78, 5) is 26.0. The van der Waals surface area contributed by atoms with Crippen molar-refractivity contribution in [3.63, 3.8) is 0 Å². The summed E-state index contributed by atoms with van der Waals surface area (Å²) in [5.74, 6) is -0.152. The van der Waals surface area contributed by atoms with Gasteiger partial charge in [0.2, 0.25) is 5.91 Å². The first-order valence-corrected chi connectivity index (χ1v) is 11.2. The summed E-state index contributed by atoms with van der Waals surface area (Å²) in [6.07, 6.45) is 0.985. The number of piperidine rings is 1. The number of nitrogens with zero attached hydrogens (tertiary/aromatic N) is 1. The molecule has 8 heteroatoms. The molecule has 3 rings (SSSR count). The summed E-state index contributed by atoms with van der Waals surface area (Å²) in [6, 6.07) is 15.8. The Morgan fingerprint density at radius 3 is 2.14 bits per heavy atom. The third-order valence-electron chi connectivity index (χ3n) is 5.45. The predicted molar refractivity (Wildman–Crippen MR) is 108 cm³/mol. The zero-order valence-electron chi connectivity index (χ0n) is 16.2. The second-order valence-corrected chi connectivity index (χ2v) is 9.33. The van der Waals surface area contributed by atoms with Gasteiger partial charge in [0.1, 0.15) is 0 Å². The average Bonchev–Trinajstić information content (AvgIpc) is 2.72. The highest BCUT2D eigenvalue weighted by Crippen LogP contribution is 2.36. The van der Waals surface area contributed by atoms with E-state index in [1.54, 1.807) is 12.1 Å². The van der Waals surface area contributed by atoms with E-state index in [0.717, 1.165) is 17.4 Å². The monoisotopic (exact) mass is 416 g/mol. The molecule has 2 amide bonds. The highest BCUT2D eigenvalue weighted by Gasteiger charge is 2.43. The molecule has 2 aromatic rings. The van der Waals surface area contributed by atoms with Gasteiger partial charge in [0.15, 0.2) is 9.84 Å². The predicted octanol–water partition coefficient (Wildman–Crippen LogP) is 2.42. The maximum atomic E-state index is 13.2. The van der Waals surface area contributed by atoms with E-state index in [0.29, 0.717) is 25.9 Å². The molecule has 0 atom stereocenters. The molecule has 1 heterocycles. The fourth-order valence-electron chi connectivity index (χ4n) is 3.69. The van der Waals surface area contributed by atoms with Crippen molar-refractivity contribution in [1.82, 2.24) is 10.2 Å². The third-order valence-corrected chi connectivity index (χ3v) is 6.58. The minimum Gasteiger partial charge on any atom is -0.465 e. The van der Waals surface area contributed by atoms with E-state index in [1.165, 1.54) is 17.0 Å². The SMILES string of the molecule is CS(=O)(=O)c1ccc(CNC(=O)C2(c3ccccc3)CCN(C(=O)O)CC2)cc1. The molecule has 2 N–H and O–H groups in total. The second-order valence-electron chi connectivity index (χ2n) is 7.32. The van der Waals surface area contributed by atoms with Gasteiger partial charge in [0.05, 0.1) is 10.3 Å². The Balaban J connectivity index is 1.77. The molecule has 1 saturated heterocycles. The number of nitrogens with one attached hydrogen (secondary N) is 1. The molecule has 1 aliphatic rings. The highest BCUT2D eigenvalue weighted by atomic mass is 32.2. The quantitative estimate of drug-likeness (QED) is 0.779. The van der Waals surface area contributed by atoms with Gasteiger partial charge in [-0.25, -0.2) is 13.2 Å². The van der Waals surface area contributed by atoms with E-state index in [4.69, 9.17) is 0 Å². The first kappa shape index (κ1) is 20.9. The fourth-order valence-corrected chi connectivity index (χ4v) is 4.32. The fraction of sp³-hybridized carbons (Fsp3) is 0.333. The van der Waals surface area contributed by atoms with Crippen LogP contribution in [0.5, 0.6) is 0 Å². The highest BCUT2D eigenvalue weighted by molar-refractivity contribution is 7.90. The lowest BCUT2D eigenvalue weighted by molar-refractivity contribution is -0.128. The molecule has 7 nitrogen and oxygen atoms in total. The maximum Gasteiger partial charge on any atom is 0.407 e. The van der Waals surface area contributed by atoms with Crippen LogP contribution in [0, 0.1) is 0 Å². The molecular weight excluding hydrogens is 392 g/mol. The molecule has 0 aromatic heterocycles. The molecule has 0 unspecified atom stereocenters. The summed E-state index contributed by atoms with van der Waals surface area (Å²) < 4.78 is 23.1. The number of carbonyl (C=O) groups excluding carboxylic acids is 1. The van der Waals surface area contributed by atoms with Crippen LogP contribution in [0.1, 0.15) is 24.0 Å². The smallest absolute Gasteiger partial charge is 0.407 e. The molecule has 154 valence electrons. The minimum atomic E-state index is -3.27. The van der Waals surface area contributed by atoms with E-state index in [-0.39, 0.29) is 17.3 Å². The molecular formula is C21H24N2O5S. The molecule has 2 aromatic carbocycles. The van der Waals surface area contributed by atoms with Crippen LogP contribution in [0.4, 0.5) is 4.79 Å². The van der Waals surface area contributed by atoms with Crippen molar-refractivity contribution in [2.45, 2.75) is 29.7 Å². The van der Waals surface area contributed by atoms with Crippen molar-refractivity contribution in [2.75, 3.05) is 19.3 Å². The molecule has 0 saturated carbocycles. The zero-order chi connectivity index (χ0) is 21.1. The maximum absolute atomic E-state index is 13.2. The molecule has 0 bridgehead atoms. The van der Waals surface area contributed by atoms with Gasteiger partial charge >= 0.3 is 6.09 Å². The number of carbonyl (C=O) groups is 2. The first-order valence-electron chi connectivity index (χ1n) is 9.33. The van der Waals surface area contributed by atoms with Crippen LogP contribution in [0.15, 0.2) is 59.5 Å². The first-order chi connectivity index (χ1) is 13.7. The number of carboxylic acid groups (broad SMARTS) is 1. The normalized spacial score (nSPS) is 16.2. The number of amides is 2. The van der Waals surface area contributed by atoms with Crippen LogP contribution in [0.2, 0.25) is 0 Å². The van der Waals surface area contributed by atoms with Gasteiger partial charge in [-0.2, -0.15) is 0 Å². The van der Waals surface area contributed by atoms with Crippen molar-refractivity contribution in [3.8, 4) is 0 Å². The zero-order valence-corrected chi connectivity index (χ0v) is 17.0. The Hall–Kier alpha value is -2.87. The lowest BCUT2D eigenvalue weighted by atomic mass is 9.72. The number of likely N-dealkylation sites (tertiary alicyclic amines) is 1. The number of rotatable bonds is 5. The number of sulfone groups is 1. The Labute approximate surface area is 170 Å². The summed E-state index contributed by atoms with van der Waals surface area (Å²) in [6.45, 7) is 0.849. The van der Waals surface area contributed by atoms with Crippen LogP contribution < -0.4 is 5.32 Å². The van der Waals surface area contributed by atoms with Gasteiger partial charge in [0.25, 0.3) is 0 Å². The lowest BCUT2D eigenvalue weighted by Gasteiger charge is -2.40. The Kier molecular flexibility index (Phi) is 5.93. The van der Waals surface area contributed by atoms with Crippen molar-refractivity contribution in [1.29, 1.82) is 0 Å². The Morgan fingerprint density at radius 2 is 1.62 bits per heavy atom. The Morgan fingerprint density at radius 1 is 1.03 bits per heavy atom. The van der Waals surface area contributed by atoms with Crippen molar-refractivity contribution in [3.05, 3.63) is 65.7 Å². The van der Waals surface area contributed by atoms with E-state index < -0.39 is 21.3 Å². The van der Waals surface area contributed by atoms with E-state index in [2.05, 4.69) is 5.32 Å². The standard InChI is InChI=1S/C21H24N2O5S/c1-29(27,28)18-9-7-16(8-10-18)15-22-19(24)21(17-5-3-2-4-6-17)11-13-23(14-12-21)20(25)26/h2-10H,11-15H2,1H3,(H,22,24)(H,25,26).